The van der Waals surface area contributed by atoms with Crippen LogP contribution in [0.1, 0.15) is 76.7 Å². The van der Waals surface area contributed by atoms with E-state index in [1.807, 2.05) is 18.2 Å². The lowest BCUT2D eigenvalue weighted by Crippen LogP contribution is -2.07. The monoisotopic (exact) mass is 456 g/mol. The maximum Gasteiger partial charge on any atom is 0.306 e. The van der Waals surface area contributed by atoms with Crippen molar-refractivity contribution in [2.24, 2.45) is 0 Å². The molecule has 0 heterocycles. The van der Waals surface area contributed by atoms with Crippen LogP contribution in [-0.2, 0) is 25.7 Å². The van der Waals surface area contributed by atoms with Crippen molar-refractivity contribution in [2.75, 3.05) is 13.7 Å². The molecule has 0 fully saturated rings. The minimum absolute atomic E-state index is 0.139. The molecule has 0 aromatic heterocycles. The third-order valence-corrected chi connectivity index (χ3v) is 4.90. The molecule has 5 nitrogen and oxygen atoms in total. The molecule has 1 aromatic rings. The van der Waals surface area contributed by atoms with Gasteiger partial charge < -0.3 is 14.2 Å². The molecular weight excluding hydrogens is 424 g/mol. The van der Waals surface area contributed by atoms with Crippen LogP contribution in [0.3, 0.4) is 0 Å². The first kappa shape index (κ1) is 24.5. The van der Waals surface area contributed by atoms with Crippen LogP contribution in [0, 0.1) is 0 Å². The fourth-order valence-corrected chi connectivity index (χ4v) is 3.09. The molecule has 0 amide bonds. The second-order valence-corrected chi connectivity index (χ2v) is 7.73. The summed E-state index contributed by atoms with van der Waals surface area (Å²) >= 11 is 3.38. The highest BCUT2D eigenvalue weighted by Gasteiger charge is 2.09. The van der Waals surface area contributed by atoms with Gasteiger partial charge in [-0.1, -0.05) is 61.0 Å². The van der Waals surface area contributed by atoms with Gasteiger partial charge in [-0.25, -0.2) is 0 Å². The van der Waals surface area contributed by atoms with E-state index in [2.05, 4.69) is 22.9 Å². The number of ether oxygens (including phenoxy) is 3. The Bertz CT molecular complexity index is 588. The van der Waals surface area contributed by atoms with E-state index >= 15 is 0 Å². The van der Waals surface area contributed by atoms with Crippen LogP contribution in [0.25, 0.3) is 0 Å². The maximum absolute atomic E-state index is 11.9. The second kappa shape index (κ2) is 15.4. The summed E-state index contributed by atoms with van der Waals surface area (Å²) in [6, 6.07) is 5.59. The Hall–Kier alpha value is -1.56. The fourth-order valence-electron chi connectivity index (χ4n) is 2.75. The molecule has 0 atom stereocenters. The van der Waals surface area contributed by atoms with E-state index in [1.165, 1.54) is 19.3 Å². The van der Waals surface area contributed by atoms with E-state index < -0.39 is 0 Å². The third kappa shape index (κ3) is 11.3. The van der Waals surface area contributed by atoms with Crippen LogP contribution < -0.4 is 4.74 Å². The first-order valence-corrected chi connectivity index (χ1v) is 11.0. The molecule has 0 bridgehead atoms. The minimum Gasteiger partial charge on any atom is -0.496 e. The van der Waals surface area contributed by atoms with E-state index in [0.29, 0.717) is 31.6 Å². The van der Waals surface area contributed by atoms with Gasteiger partial charge in [0.1, 0.15) is 12.4 Å². The number of methoxy groups -OCH3 is 1. The Morgan fingerprint density at radius 3 is 2.21 bits per heavy atom. The van der Waals surface area contributed by atoms with Gasteiger partial charge in [0, 0.05) is 22.9 Å². The Morgan fingerprint density at radius 2 is 1.54 bits per heavy atom. The zero-order valence-electron chi connectivity index (χ0n) is 17.1. The van der Waals surface area contributed by atoms with Gasteiger partial charge in [-0.3, -0.25) is 9.59 Å². The molecule has 0 unspecified atom stereocenters. The molecule has 0 aliphatic carbocycles. The van der Waals surface area contributed by atoms with Gasteiger partial charge in [0.15, 0.2) is 0 Å². The molecule has 28 heavy (non-hydrogen) atoms. The lowest BCUT2D eigenvalue weighted by molar-refractivity contribution is -0.145. The van der Waals surface area contributed by atoms with Crippen molar-refractivity contribution >= 4 is 27.9 Å². The molecule has 158 valence electrons. The zero-order valence-corrected chi connectivity index (χ0v) is 18.7. The van der Waals surface area contributed by atoms with Gasteiger partial charge >= 0.3 is 11.9 Å². The Balaban J connectivity index is 2.05. The summed E-state index contributed by atoms with van der Waals surface area (Å²) in [7, 11) is 1.59. The smallest absolute Gasteiger partial charge is 0.306 e. The Kier molecular flexibility index (Phi) is 13.4. The third-order valence-electron chi connectivity index (χ3n) is 4.41. The SMILES string of the molecule is CCCCCCCOC(=O)CCCCCC(=O)OCc1ccc(Br)cc1OC. The molecule has 1 rings (SSSR count). The maximum atomic E-state index is 11.9. The van der Waals surface area contributed by atoms with Crippen LogP contribution in [0.4, 0.5) is 0 Å². The highest BCUT2D eigenvalue weighted by Crippen LogP contribution is 2.24. The molecular formula is C22H33BrO5. The number of halogens is 1. The van der Waals surface area contributed by atoms with E-state index in [1.54, 1.807) is 7.11 Å². The van der Waals surface area contributed by atoms with Gasteiger partial charge in [0.05, 0.1) is 13.7 Å². The molecule has 0 spiro atoms. The fraction of sp³-hybridized carbons (Fsp3) is 0.636. The van der Waals surface area contributed by atoms with Crippen LogP contribution in [0.15, 0.2) is 22.7 Å². The molecule has 0 saturated heterocycles. The first-order chi connectivity index (χ1) is 13.6. The minimum atomic E-state index is -0.236. The normalized spacial score (nSPS) is 10.5. The van der Waals surface area contributed by atoms with Crippen LogP contribution in [0.2, 0.25) is 0 Å². The molecule has 0 N–H and O–H groups in total. The number of esters is 2. The van der Waals surface area contributed by atoms with E-state index in [4.69, 9.17) is 14.2 Å². The second-order valence-electron chi connectivity index (χ2n) is 6.81. The van der Waals surface area contributed by atoms with Crippen LogP contribution in [-0.4, -0.2) is 25.7 Å². The lowest BCUT2D eigenvalue weighted by atomic mass is 10.1. The number of benzene rings is 1. The summed E-state index contributed by atoms with van der Waals surface area (Å²) in [6.07, 6.45) is 8.75. The molecule has 0 aliphatic heterocycles. The number of carbonyl (C=O) groups excluding carboxylic acids is 2. The number of carbonyl (C=O) groups is 2. The van der Waals surface area contributed by atoms with Gasteiger partial charge in [-0.2, -0.15) is 0 Å². The van der Waals surface area contributed by atoms with Crippen molar-refractivity contribution in [1.82, 2.24) is 0 Å². The summed E-state index contributed by atoms with van der Waals surface area (Å²) in [4.78, 5) is 23.5. The van der Waals surface area contributed by atoms with Crippen LogP contribution >= 0.6 is 15.9 Å². The zero-order chi connectivity index (χ0) is 20.6. The molecule has 0 radical (unpaired) electrons. The van der Waals surface area contributed by atoms with E-state index in [-0.39, 0.29) is 18.5 Å². The average molecular weight is 457 g/mol. The number of rotatable bonds is 15. The summed E-state index contributed by atoms with van der Waals surface area (Å²) in [5.41, 5.74) is 0.830. The lowest BCUT2D eigenvalue weighted by Gasteiger charge is -2.10. The Morgan fingerprint density at radius 1 is 0.893 bits per heavy atom. The van der Waals surface area contributed by atoms with Crippen molar-refractivity contribution in [3.05, 3.63) is 28.2 Å². The topological polar surface area (TPSA) is 61.8 Å². The molecule has 6 heteroatoms. The number of hydrogen-bond donors (Lipinski definition) is 0. The van der Waals surface area contributed by atoms with Crippen molar-refractivity contribution in [1.29, 1.82) is 0 Å². The highest BCUT2D eigenvalue weighted by molar-refractivity contribution is 9.10. The van der Waals surface area contributed by atoms with Crippen LogP contribution in [0.5, 0.6) is 5.75 Å². The molecule has 0 aliphatic rings. The quantitative estimate of drug-likeness (QED) is 0.240. The number of unbranched alkanes of at least 4 members (excludes halogenated alkanes) is 6. The molecule has 0 saturated carbocycles. The van der Waals surface area contributed by atoms with E-state index in [0.717, 1.165) is 35.7 Å². The van der Waals surface area contributed by atoms with Crippen molar-refractivity contribution < 1.29 is 23.8 Å². The summed E-state index contributed by atoms with van der Waals surface area (Å²) < 4.78 is 16.7. The van der Waals surface area contributed by atoms with Crippen molar-refractivity contribution in [3.63, 3.8) is 0 Å². The van der Waals surface area contributed by atoms with Gasteiger partial charge in [-0.05, 0) is 31.4 Å². The summed E-state index contributed by atoms with van der Waals surface area (Å²) in [5, 5.41) is 0. The Labute approximate surface area is 177 Å². The van der Waals surface area contributed by atoms with Gasteiger partial charge in [0.25, 0.3) is 0 Å². The summed E-state index contributed by atoms with van der Waals surface area (Å²) in [6.45, 7) is 2.90. The first-order valence-electron chi connectivity index (χ1n) is 10.2. The average Bonchev–Trinajstić information content (AvgIpc) is 2.69. The van der Waals surface area contributed by atoms with Crippen molar-refractivity contribution in [2.45, 2.75) is 77.7 Å². The standard InChI is InChI=1S/C22H33BrO5/c1-3-4-5-6-10-15-27-21(24)11-8-7-9-12-22(25)28-17-18-13-14-19(23)16-20(18)26-2/h13-14,16H,3-12,15,17H2,1-2H3. The van der Waals surface area contributed by atoms with E-state index in [9.17, 15) is 9.59 Å². The van der Waals surface area contributed by atoms with Gasteiger partial charge in [0.2, 0.25) is 0 Å². The number of hydrogen-bond acceptors (Lipinski definition) is 5. The largest absolute Gasteiger partial charge is 0.496 e. The van der Waals surface area contributed by atoms with Gasteiger partial charge in [-0.15, -0.1) is 0 Å². The predicted molar refractivity (Wildman–Crippen MR) is 113 cm³/mol. The summed E-state index contributed by atoms with van der Waals surface area (Å²) in [5.74, 6) is 0.311. The van der Waals surface area contributed by atoms with Crippen molar-refractivity contribution in [3.8, 4) is 5.75 Å². The molecule has 1 aromatic carbocycles. The predicted octanol–water partition coefficient (Wildman–Crippen LogP) is 5.97. The highest BCUT2D eigenvalue weighted by atomic mass is 79.9.